The number of nitrogens with zero attached hydrogens (tertiary/aromatic N) is 2. The highest BCUT2D eigenvalue weighted by atomic mass is 32.2. The Morgan fingerprint density at radius 2 is 1.91 bits per heavy atom. The molecule has 3 N–H and O–H groups in total. The minimum Gasteiger partial charge on any atom is -0.485 e. The van der Waals surface area contributed by atoms with Crippen LogP contribution >= 0.6 is 0 Å². The van der Waals surface area contributed by atoms with Gasteiger partial charge in [0.05, 0.1) is 36.7 Å². The highest BCUT2D eigenvalue weighted by molar-refractivity contribution is 7.92. The number of sulfonamides is 1. The third-order valence-corrected chi connectivity index (χ3v) is 6.40. The summed E-state index contributed by atoms with van der Waals surface area (Å²) in [7, 11) is -2.02. The van der Waals surface area contributed by atoms with Crippen LogP contribution in [0.1, 0.15) is 24.2 Å². The molecular formula is C24H32N4O6S. The molecule has 0 bridgehead atoms. The van der Waals surface area contributed by atoms with Crippen LogP contribution in [0.25, 0.3) is 0 Å². The first kappa shape index (κ1) is 26.3. The van der Waals surface area contributed by atoms with Gasteiger partial charge >= 0.3 is 6.03 Å². The lowest BCUT2D eigenvalue weighted by Gasteiger charge is -2.38. The molecule has 0 aromatic heterocycles. The molecule has 3 atom stereocenters. The summed E-state index contributed by atoms with van der Waals surface area (Å²) in [6, 6.07) is 12.9. The van der Waals surface area contributed by atoms with Crippen LogP contribution in [0.4, 0.5) is 16.2 Å². The number of hydrogen-bond acceptors (Lipinski definition) is 6. The van der Waals surface area contributed by atoms with Crippen molar-refractivity contribution in [1.82, 2.24) is 9.80 Å². The van der Waals surface area contributed by atoms with Gasteiger partial charge < -0.3 is 25.0 Å². The van der Waals surface area contributed by atoms with Gasteiger partial charge in [-0.05, 0) is 31.2 Å². The van der Waals surface area contributed by atoms with Gasteiger partial charge in [-0.25, -0.2) is 13.2 Å². The molecule has 1 heterocycles. The van der Waals surface area contributed by atoms with E-state index in [1.165, 1.54) is 11.0 Å². The molecule has 1 aliphatic heterocycles. The Balaban J connectivity index is 1.95. The highest BCUT2D eigenvalue weighted by Gasteiger charge is 2.35. The van der Waals surface area contributed by atoms with Gasteiger partial charge in [-0.2, -0.15) is 0 Å². The Labute approximate surface area is 205 Å². The summed E-state index contributed by atoms with van der Waals surface area (Å²) in [5, 5.41) is 12.6. The van der Waals surface area contributed by atoms with Crippen LogP contribution in [0.2, 0.25) is 0 Å². The first-order chi connectivity index (χ1) is 16.5. The second kappa shape index (κ2) is 11.0. The molecule has 0 saturated heterocycles. The van der Waals surface area contributed by atoms with Crippen molar-refractivity contribution in [3.8, 4) is 5.75 Å². The van der Waals surface area contributed by atoms with E-state index in [-0.39, 0.29) is 54.6 Å². The quantitative estimate of drug-likeness (QED) is 0.531. The van der Waals surface area contributed by atoms with E-state index >= 15 is 0 Å². The van der Waals surface area contributed by atoms with Gasteiger partial charge in [0.2, 0.25) is 10.0 Å². The van der Waals surface area contributed by atoms with Gasteiger partial charge in [0.15, 0.2) is 5.75 Å². The van der Waals surface area contributed by atoms with Crippen molar-refractivity contribution >= 4 is 33.3 Å². The first-order valence-electron chi connectivity index (χ1n) is 11.3. The number of urea groups is 1. The molecule has 190 valence electrons. The van der Waals surface area contributed by atoms with Crippen molar-refractivity contribution < 1.29 is 27.9 Å². The average molecular weight is 505 g/mol. The number of ether oxygens (including phenoxy) is 1. The van der Waals surface area contributed by atoms with Gasteiger partial charge in [0, 0.05) is 25.2 Å². The number of anilines is 2. The smallest absolute Gasteiger partial charge is 0.321 e. The third-order valence-electron chi connectivity index (χ3n) is 5.81. The van der Waals surface area contributed by atoms with Crippen molar-refractivity contribution in [3.63, 3.8) is 0 Å². The maximum Gasteiger partial charge on any atom is 0.321 e. The number of nitrogens with one attached hydrogen (secondary N) is 2. The first-order valence-corrected chi connectivity index (χ1v) is 13.2. The summed E-state index contributed by atoms with van der Waals surface area (Å²) in [5.41, 5.74) is 0.951. The summed E-state index contributed by atoms with van der Waals surface area (Å²) in [6.07, 6.45) is 0.434. The van der Waals surface area contributed by atoms with Crippen molar-refractivity contribution in [2.24, 2.45) is 5.92 Å². The van der Waals surface area contributed by atoms with Gasteiger partial charge in [-0.1, -0.05) is 31.2 Å². The Kier molecular flexibility index (Phi) is 8.23. The number of rotatable bonds is 7. The zero-order valence-electron chi connectivity index (χ0n) is 20.3. The summed E-state index contributed by atoms with van der Waals surface area (Å²) in [5.74, 6) is -0.537. The lowest BCUT2D eigenvalue weighted by Crippen LogP contribution is -2.50. The zero-order chi connectivity index (χ0) is 25.8. The molecule has 0 unspecified atom stereocenters. The summed E-state index contributed by atoms with van der Waals surface area (Å²) in [4.78, 5) is 29.2. The van der Waals surface area contributed by atoms with E-state index in [0.717, 1.165) is 6.26 Å². The Morgan fingerprint density at radius 1 is 1.23 bits per heavy atom. The molecule has 3 amide bonds. The number of para-hydroxylation sites is 2. The highest BCUT2D eigenvalue weighted by Crippen LogP contribution is 2.35. The van der Waals surface area contributed by atoms with Crippen LogP contribution in [0.5, 0.6) is 5.75 Å². The second-order valence-electron chi connectivity index (χ2n) is 8.86. The van der Waals surface area contributed by atoms with Crippen LogP contribution in [-0.2, 0) is 10.0 Å². The molecule has 0 fully saturated rings. The van der Waals surface area contributed by atoms with Crippen LogP contribution in [0.15, 0.2) is 48.5 Å². The Bertz CT molecular complexity index is 1160. The van der Waals surface area contributed by atoms with E-state index in [1.807, 2.05) is 25.1 Å². The number of aliphatic hydroxyl groups excluding tert-OH is 1. The molecular weight excluding hydrogens is 472 g/mol. The molecule has 11 heteroatoms. The largest absolute Gasteiger partial charge is 0.485 e. The maximum absolute atomic E-state index is 13.4. The van der Waals surface area contributed by atoms with Crippen molar-refractivity contribution in [2.45, 2.75) is 26.0 Å². The van der Waals surface area contributed by atoms with Gasteiger partial charge in [0.25, 0.3) is 5.91 Å². The van der Waals surface area contributed by atoms with Gasteiger partial charge in [0.1, 0.15) is 6.10 Å². The number of hydrogen-bond donors (Lipinski definition) is 3. The minimum absolute atomic E-state index is 0.0893. The van der Waals surface area contributed by atoms with Crippen molar-refractivity contribution in [1.29, 1.82) is 0 Å². The number of fused-ring (bicyclic) bond motifs is 1. The topological polar surface area (TPSA) is 128 Å². The number of benzene rings is 2. The van der Waals surface area contributed by atoms with Gasteiger partial charge in [-0.15, -0.1) is 0 Å². The van der Waals surface area contributed by atoms with Crippen LogP contribution < -0.4 is 14.8 Å². The van der Waals surface area contributed by atoms with E-state index in [0.29, 0.717) is 5.69 Å². The zero-order valence-corrected chi connectivity index (χ0v) is 21.1. The molecule has 0 aliphatic carbocycles. The lowest BCUT2D eigenvalue weighted by molar-refractivity contribution is 0.0373. The van der Waals surface area contributed by atoms with Crippen LogP contribution in [0, 0.1) is 5.92 Å². The molecule has 3 rings (SSSR count). The number of carbonyl (C=O) groups excluding carboxylic acids is 2. The standard InChI is InChI=1S/C24H32N4O6S/c1-16-13-28(17(2)15-29)23(30)19-11-8-12-20(26-35(4,32)33)22(19)34-21(16)14-27(3)24(31)25-18-9-6-5-7-10-18/h5-12,16-17,21,26,29H,13-15H2,1-4H3,(H,25,31)/t16-,17-,21+/m1/s1. The van der Waals surface area contributed by atoms with E-state index in [2.05, 4.69) is 10.0 Å². The fourth-order valence-corrected chi connectivity index (χ4v) is 4.39. The molecule has 10 nitrogen and oxygen atoms in total. The monoisotopic (exact) mass is 504 g/mol. The number of likely N-dealkylation sites (N-methyl/N-ethyl adjacent to an activating group) is 1. The van der Waals surface area contributed by atoms with Gasteiger partial charge in [-0.3, -0.25) is 9.52 Å². The van der Waals surface area contributed by atoms with Crippen molar-refractivity contribution in [3.05, 3.63) is 54.1 Å². The van der Waals surface area contributed by atoms with E-state index in [9.17, 15) is 23.1 Å². The summed E-state index contributed by atoms with van der Waals surface area (Å²) >= 11 is 0. The van der Waals surface area contributed by atoms with Crippen molar-refractivity contribution in [2.75, 3.05) is 43.0 Å². The third kappa shape index (κ3) is 6.64. The van der Waals surface area contributed by atoms with E-state index < -0.39 is 22.2 Å². The average Bonchev–Trinajstić information content (AvgIpc) is 2.80. The maximum atomic E-state index is 13.4. The molecule has 35 heavy (non-hydrogen) atoms. The molecule has 2 aromatic rings. The number of carbonyl (C=O) groups is 2. The molecule has 0 saturated carbocycles. The number of aliphatic hydroxyl groups is 1. The molecule has 2 aromatic carbocycles. The second-order valence-corrected chi connectivity index (χ2v) is 10.6. The van der Waals surface area contributed by atoms with Crippen LogP contribution in [-0.4, -0.2) is 80.4 Å². The molecule has 0 radical (unpaired) electrons. The van der Waals surface area contributed by atoms with E-state index in [1.54, 1.807) is 43.1 Å². The minimum atomic E-state index is -3.66. The summed E-state index contributed by atoms with van der Waals surface area (Å²) in [6.45, 7) is 3.83. The predicted octanol–water partition coefficient (Wildman–Crippen LogP) is 2.44. The normalized spacial score (nSPS) is 19.0. The fraction of sp³-hybridized carbons (Fsp3) is 0.417. The fourth-order valence-electron chi connectivity index (χ4n) is 3.83. The van der Waals surface area contributed by atoms with E-state index in [4.69, 9.17) is 4.74 Å². The Morgan fingerprint density at radius 3 is 2.54 bits per heavy atom. The Hall–Kier alpha value is -3.31. The predicted molar refractivity (Wildman–Crippen MR) is 134 cm³/mol. The van der Waals surface area contributed by atoms with Crippen LogP contribution in [0.3, 0.4) is 0 Å². The molecule has 1 aliphatic rings. The molecule has 0 spiro atoms. The summed E-state index contributed by atoms with van der Waals surface area (Å²) < 4.78 is 32.6. The SMILES string of the molecule is C[C@@H]1CN([C@H](C)CO)C(=O)c2cccc(NS(C)(=O)=O)c2O[C@H]1CN(C)C(=O)Nc1ccccc1. The number of amides is 3. The lowest BCUT2D eigenvalue weighted by atomic mass is 9.99.